The lowest BCUT2D eigenvalue weighted by Gasteiger charge is -2.16. The predicted octanol–water partition coefficient (Wildman–Crippen LogP) is 5.77. The molecule has 2 amide bonds. The van der Waals surface area contributed by atoms with Gasteiger partial charge in [-0.2, -0.15) is 5.01 Å². The third-order valence-electron chi connectivity index (χ3n) is 4.90. The number of halogens is 1. The van der Waals surface area contributed by atoms with E-state index in [1.54, 1.807) is 18.2 Å². The molecule has 0 bridgehead atoms. The van der Waals surface area contributed by atoms with Crippen LogP contribution in [-0.4, -0.2) is 21.1 Å². The van der Waals surface area contributed by atoms with E-state index in [0.29, 0.717) is 27.8 Å². The van der Waals surface area contributed by atoms with E-state index in [1.165, 1.54) is 0 Å². The van der Waals surface area contributed by atoms with Crippen LogP contribution < -0.4 is 10.2 Å². The highest BCUT2D eigenvalue weighted by molar-refractivity contribution is 8.26. The number of carbonyl (C=O) groups is 2. The summed E-state index contributed by atoms with van der Waals surface area (Å²) in [5.41, 5.74) is 5.57. The van der Waals surface area contributed by atoms with Crippen molar-refractivity contribution in [1.82, 2.24) is 10.4 Å². The molecule has 1 aliphatic rings. The van der Waals surface area contributed by atoms with E-state index in [-0.39, 0.29) is 16.1 Å². The van der Waals surface area contributed by atoms with Crippen molar-refractivity contribution in [3.05, 3.63) is 105 Å². The van der Waals surface area contributed by atoms with Crippen molar-refractivity contribution < 1.29 is 14.3 Å². The molecule has 1 N–H and O–H groups in total. The molecule has 1 aliphatic heterocycles. The van der Waals surface area contributed by atoms with Crippen LogP contribution >= 0.6 is 35.6 Å². The molecule has 1 heterocycles. The molecule has 0 radical (unpaired) electrons. The second kappa shape index (κ2) is 10.2. The van der Waals surface area contributed by atoms with Crippen molar-refractivity contribution in [2.75, 3.05) is 0 Å². The summed E-state index contributed by atoms with van der Waals surface area (Å²) in [6.45, 7) is 2.16. The van der Waals surface area contributed by atoms with Crippen LogP contribution in [0.3, 0.4) is 0 Å². The molecule has 0 aliphatic carbocycles. The maximum atomic E-state index is 12.9. The van der Waals surface area contributed by atoms with Gasteiger partial charge in [0.25, 0.3) is 11.8 Å². The first kappa shape index (κ1) is 23.0. The van der Waals surface area contributed by atoms with Gasteiger partial charge >= 0.3 is 0 Å². The summed E-state index contributed by atoms with van der Waals surface area (Å²) in [6, 6.07) is 22.0. The summed E-state index contributed by atoms with van der Waals surface area (Å²) < 4.78 is 6.12. The summed E-state index contributed by atoms with van der Waals surface area (Å²) >= 11 is 12.6. The SMILES string of the molecule is Cc1ccccc1C(=O)NN1C(=O)/C(=C\c2cccc(OCc3ccccc3Cl)c2)SC1=S. The monoisotopic (exact) mass is 494 g/mol. The van der Waals surface area contributed by atoms with Crippen molar-refractivity contribution in [2.45, 2.75) is 13.5 Å². The third kappa shape index (κ3) is 5.45. The molecule has 0 unspecified atom stereocenters. The molecule has 0 saturated carbocycles. The molecule has 166 valence electrons. The van der Waals surface area contributed by atoms with Crippen molar-refractivity contribution in [3.8, 4) is 5.75 Å². The smallest absolute Gasteiger partial charge is 0.285 e. The van der Waals surface area contributed by atoms with Crippen LogP contribution in [0.15, 0.2) is 77.7 Å². The summed E-state index contributed by atoms with van der Waals surface area (Å²) in [5.74, 6) is -0.123. The summed E-state index contributed by atoms with van der Waals surface area (Å²) in [7, 11) is 0. The second-order valence-corrected chi connectivity index (χ2v) is 9.31. The van der Waals surface area contributed by atoms with Gasteiger partial charge in [0.2, 0.25) is 0 Å². The van der Waals surface area contributed by atoms with Crippen LogP contribution in [0.1, 0.15) is 27.0 Å². The van der Waals surface area contributed by atoms with Crippen molar-refractivity contribution >= 4 is 57.8 Å². The maximum Gasteiger partial charge on any atom is 0.285 e. The molecule has 1 fully saturated rings. The summed E-state index contributed by atoms with van der Waals surface area (Å²) in [4.78, 5) is 25.9. The largest absolute Gasteiger partial charge is 0.489 e. The lowest BCUT2D eigenvalue weighted by atomic mass is 10.1. The van der Waals surface area contributed by atoms with Crippen molar-refractivity contribution in [3.63, 3.8) is 0 Å². The van der Waals surface area contributed by atoms with E-state index in [2.05, 4.69) is 5.43 Å². The standard InChI is InChI=1S/C25H19ClN2O3S2/c1-16-7-2-4-11-20(16)23(29)27-28-24(30)22(33-25(28)32)14-17-8-6-10-19(13-17)31-15-18-9-3-5-12-21(18)26/h2-14H,15H2,1H3,(H,27,29)/b22-14+. The van der Waals surface area contributed by atoms with Gasteiger partial charge in [-0.3, -0.25) is 15.0 Å². The highest BCUT2D eigenvalue weighted by Gasteiger charge is 2.34. The molecule has 1 saturated heterocycles. The number of rotatable bonds is 6. The molecule has 3 aromatic rings. The first-order valence-electron chi connectivity index (χ1n) is 10.0. The lowest BCUT2D eigenvalue weighted by Crippen LogP contribution is -2.45. The van der Waals surface area contributed by atoms with E-state index in [9.17, 15) is 9.59 Å². The first-order valence-corrected chi connectivity index (χ1v) is 11.6. The van der Waals surface area contributed by atoms with E-state index in [0.717, 1.165) is 33.5 Å². The van der Waals surface area contributed by atoms with Gasteiger partial charge in [0.15, 0.2) is 4.32 Å². The Labute approximate surface area is 206 Å². The number of hydrogen-bond acceptors (Lipinski definition) is 5. The molecule has 5 nitrogen and oxygen atoms in total. The number of carbonyl (C=O) groups excluding carboxylic acids is 2. The fourth-order valence-electron chi connectivity index (χ4n) is 3.18. The number of nitrogens with one attached hydrogen (secondary N) is 1. The number of aryl methyl sites for hydroxylation is 1. The zero-order chi connectivity index (χ0) is 23.4. The number of thioether (sulfide) groups is 1. The predicted molar refractivity (Wildman–Crippen MR) is 136 cm³/mol. The Morgan fingerprint density at radius 2 is 1.88 bits per heavy atom. The van der Waals surface area contributed by atoms with Gasteiger partial charge in [-0.05, 0) is 60.6 Å². The molecule has 0 atom stereocenters. The quantitative estimate of drug-likeness (QED) is 0.348. The van der Waals surface area contributed by atoms with Gasteiger partial charge in [-0.15, -0.1) is 0 Å². The topological polar surface area (TPSA) is 58.6 Å². The van der Waals surface area contributed by atoms with Gasteiger partial charge in [-0.1, -0.05) is 71.9 Å². The van der Waals surface area contributed by atoms with Crippen molar-refractivity contribution in [1.29, 1.82) is 0 Å². The highest BCUT2D eigenvalue weighted by atomic mass is 35.5. The molecular formula is C25H19ClN2O3S2. The Balaban J connectivity index is 1.46. The van der Waals surface area contributed by atoms with Gasteiger partial charge in [-0.25, -0.2) is 0 Å². The minimum Gasteiger partial charge on any atom is -0.489 e. The zero-order valence-electron chi connectivity index (χ0n) is 17.6. The number of nitrogens with zero attached hydrogens (tertiary/aromatic N) is 1. The average molecular weight is 495 g/mol. The minimum atomic E-state index is -0.388. The Morgan fingerprint density at radius 1 is 1.12 bits per heavy atom. The zero-order valence-corrected chi connectivity index (χ0v) is 20.0. The van der Waals surface area contributed by atoms with Crippen LogP contribution in [-0.2, 0) is 11.4 Å². The second-order valence-electron chi connectivity index (χ2n) is 7.23. The van der Waals surface area contributed by atoms with Gasteiger partial charge in [0.05, 0.1) is 4.91 Å². The number of hydrogen-bond donors (Lipinski definition) is 1. The minimum absolute atomic E-state index is 0.263. The van der Waals surface area contributed by atoms with Crippen LogP contribution in [0.25, 0.3) is 6.08 Å². The number of thiocarbonyl (C=S) groups is 1. The molecule has 8 heteroatoms. The number of ether oxygens (including phenoxy) is 1. The third-order valence-corrected chi connectivity index (χ3v) is 6.58. The normalized spacial score (nSPS) is 14.6. The van der Waals surface area contributed by atoms with E-state index >= 15 is 0 Å². The lowest BCUT2D eigenvalue weighted by molar-refractivity contribution is -0.123. The van der Waals surface area contributed by atoms with Crippen LogP contribution in [0.5, 0.6) is 5.75 Å². The highest BCUT2D eigenvalue weighted by Crippen LogP contribution is 2.32. The Bertz CT molecular complexity index is 1280. The van der Waals surface area contributed by atoms with Gasteiger partial charge < -0.3 is 4.74 Å². The fourth-order valence-corrected chi connectivity index (χ4v) is 4.55. The molecular weight excluding hydrogens is 476 g/mol. The molecule has 0 aromatic heterocycles. The maximum absolute atomic E-state index is 12.9. The van der Waals surface area contributed by atoms with Gasteiger partial charge in [0.1, 0.15) is 12.4 Å². The molecule has 0 spiro atoms. The average Bonchev–Trinajstić information content (AvgIpc) is 3.06. The molecule has 33 heavy (non-hydrogen) atoms. The van der Waals surface area contributed by atoms with E-state index in [4.69, 9.17) is 28.6 Å². The first-order chi connectivity index (χ1) is 15.9. The summed E-state index contributed by atoms with van der Waals surface area (Å²) in [6.07, 6.45) is 1.72. The van der Waals surface area contributed by atoms with Crippen LogP contribution in [0.2, 0.25) is 5.02 Å². The van der Waals surface area contributed by atoms with E-state index in [1.807, 2.05) is 67.6 Å². The number of benzene rings is 3. The van der Waals surface area contributed by atoms with Crippen LogP contribution in [0.4, 0.5) is 0 Å². The van der Waals surface area contributed by atoms with Crippen LogP contribution in [0, 0.1) is 6.92 Å². The Morgan fingerprint density at radius 3 is 2.67 bits per heavy atom. The number of hydrazine groups is 1. The Kier molecular flexibility index (Phi) is 7.13. The van der Waals surface area contributed by atoms with E-state index < -0.39 is 0 Å². The number of amides is 2. The summed E-state index contributed by atoms with van der Waals surface area (Å²) in [5, 5.41) is 1.75. The molecule has 3 aromatic carbocycles. The van der Waals surface area contributed by atoms with Crippen molar-refractivity contribution in [2.24, 2.45) is 0 Å². The van der Waals surface area contributed by atoms with Gasteiger partial charge in [0, 0.05) is 16.1 Å². The Hall–Kier alpha value is -3.13. The molecule has 4 rings (SSSR count). The fraction of sp³-hybridized carbons (Fsp3) is 0.0800.